The maximum absolute atomic E-state index is 9.80. The van der Waals surface area contributed by atoms with Gasteiger partial charge in [0.2, 0.25) is 0 Å². The lowest BCUT2D eigenvalue weighted by Gasteiger charge is -2.11. The standard InChI is InChI=1S/C18H16ClNO3/c1-10-5-15(13-7-18(23-2)17(22)8-14(13)19)20-16-6-11(9-21)3-4-12(10)16/h3-8,21-22H,9H2,1-2H3. The predicted molar refractivity (Wildman–Crippen MR) is 91.1 cm³/mol. The third-order valence-corrected chi connectivity index (χ3v) is 4.12. The number of benzene rings is 2. The summed E-state index contributed by atoms with van der Waals surface area (Å²) in [6, 6.07) is 10.7. The molecule has 0 spiro atoms. The SMILES string of the molecule is COc1cc(-c2cc(C)c3ccc(CO)cc3n2)c(Cl)cc1O. The number of aliphatic hydroxyl groups is 1. The zero-order chi connectivity index (χ0) is 16.6. The molecule has 0 aliphatic rings. The van der Waals surface area contributed by atoms with E-state index in [4.69, 9.17) is 16.3 Å². The molecule has 0 radical (unpaired) electrons. The average molecular weight is 330 g/mol. The van der Waals surface area contributed by atoms with Crippen molar-refractivity contribution in [1.82, 2.24) is 4.98 Å². The smallest absolute Gasteiger partial charge is 0.161 e. The number of phenols is 1. The number of pyridine rings is 1. The summed E-state index contributed by atoms with van der Waals surface area (Å²) in [5.41, 5.74) is 4.01. The van der Waals surface area contributed by atoms with Crippen molar-refractivity contribution in [2.45, 2.75) is 13.5 Å². The van der Waals surface area contributed by atoms with E-state index in [1.54, 1.807) is 6.07 Å². The van der Waals surface area contributed by atoms with E-state index >= 15 is 0 Å². The van der Waals surface area contributed by atoms with Crippen molar-refractivity contribution < 1.29 is 14.9 Å². The van der Waals surface area contributed by atoms with E-state index < -0.39 is 0 Å². The van der Waals surface area contributed by atoms with Gasteiger partial charge in [-0.1, -0.05) is 23.7 Å². The fraction of sp³-hybridized carbons (Fsp3) is 0.167. The van der Waals surface area contributed by atoms with E-state index in [-0.39, 0.29) is 12.4 Å². The van der Waals surface area contributed by atoms with E-state index in [0.717, 1.165) is 22.0 Å². The van der Waals surface area contributed by atoms with E-state index in [1.165, 1.54) is 13.2 Å². The largest absolute Gasteiger partial charge is 0.504 e. The number of ether oxygens (including phenoxy) is 1. The molecule has 3 rings (SSSR count). The summed E-state index contributed by atoms with van der Waals surface area (Å²) in [6.45, 7) is 1.96. The molecule has 3 aromatic rings. The Morgan fingerprint density at radius 2 is 1.96 bits per heavy atom. The van der Waals surface area contributed by atoms with Crippen LogP contribution in [0.4, 0.5) is 0 Å². The fourth-order valence-electron chi connectivity index (χ4n) is 2.59. The first-order valence-electron chi connectivity index (χ1n) is 7.11. The molecule has 0 bridgehead atoms. The third kappa shape index (κ3) is 2.83. The summed E-state index contributed by atoms with van der Waals surface area (Å²) in [7, 11) is 1.49. The van der Waals surface area contributed by atoms with Crippen LogP contribution >= 0.6 is 11.6 Å². The molecule has 1 aromatic heterocycles. The number of aryl methyl sites for hydroxylation is 1. The van der Waals surface area contributed by atoms with Gasteiger partial charge < -0.3 is 14.9 Å². The van der Waals surface area contributed by atoms with Gasteiger partial charge in [0, 0.05) is 17.0 Å². The summed E-state index contributed by atoms with van der Waals surface area (Å²) >= 11 is 6.26. The summed E-state index contributed by atoms with van der Waals surface area (Å²) < 4.78 is 5.15. The van der Waals surface area contributed by atoms with E-state index in [1.807, 2.05) is 31.2 Å². The summed E-state index contributed by atoms with van der Waals surface area (Å²) in [6.07, 6.45) is 0. The van der Waals surface area contributed by atoms with Crippen LogP contribution in [0.25, 0.3) is 22.2 Å². The number of methoxy groups -OCH3 is 1. The molecule has 0 atom stereocenters. The van der Waals surface area contributed by atoms with E-state index in [2.05, 4.69) is 4.98 Å². The van der Waals surface area contributed by atoms with Gasteiger partial charge >= 0.3 is 0 Å². The highest BCUT2D eigenvalue weighted by atomic mass is 35.5. The van der Waals surface area contributed by atoms with Gasteiger partial charge in [-0.2, -0.15) is 0 Å². The van der Waals surface area contributed by atoms with Crippen LogP contribution in [0.15, 0.2) is 36.4 Å². The van der Waals surface area contributed by atoms with Crippen molar-refractivity contribution in [2.24, 2.45) is 0 Å². The van der Waals surface area contributed by atoms with Crippen LogP contribution in [0.2, 0.25) is 5.02 Å². The molecule has 2 aromatic carbocycles. The van der Waals surface area contributed by atoms with Gasteiger partial charge in [0.05, 0.1) is 29.9 Å². The van der Waals surface area contributed by atoms with Crippen molar-refractivity contribution in [3.63, 3.8) is 0 Å². The first-order chi connectivity index (χ1) is 11.0. The van der Waals surface area contributed by atoms with Gasteiger partial charge in [0.15, 0.2) is 11.5 Å². The number of nitrogens with zero attached hydrogens (tertiary/aromatic N) is 1. The molecule has 0 fully saturated rings. The zero-order valence-corrected chi connectivity index (χ0v) is 13.6. The van der Waals surface area contributed by atoms with Crippen LogP contribution in [0.1, 0.15) is 11.1 Å². The Balaban J connectivity index is 2.24. The Labute approximate surface area is 138 Å². The quantitative estimate of drug-likeness (QED) is 0.760. The molecule has 118 valence electrons. The van der Waals surface area contributed by atoms with Crippen molar-refractivity contribution in [3.8, 4) is 22.8 Å². The minimum atomic E-state index is -0.0331. The van der Waals surface area contributed by atoms with Gasteiger partial charge in [0.25, 0.3) is 0 Å². The molecule has 4 nitrogen and oxygen atoms in total. The Morgan fingerprint density at radius 1 is 1.17 bits per heavy atom. The monoisotopic (exact) mass is 329 g/mol. The number of rotatable bonds is 3. The Hall–Kier alpha value is -2.30. The van der Waals surface area contributed by atoms with Crippen LogP contribution in [0.5, 0.6) is 11.5 Å². The molecule has 0 aliphatic heterocycles. The van der Waals surface area contributed by atoms with Crippen molar-refractivity contribution in [3.05, 3.63) is 52.5 Å². The van der Waals surface area contributed by atoms with Crippen LogP contribution in [-0.4, -0.2) is 22.3 Å². The molecule has 2 N–H and O–H groups in total. The molecule has 0 aliphatic carbocycles. The number of aromatic hydroxyl groups is 1. The highest BCUT2D eigenvalue weighted by Crippen LogP contribution is 2.38. The zero-order valence-electron chi connectivity index (χ0n) is 12.8. The topological polar surface area (TPSA) is 62.6 Å². The maximum atomic E-state index is 9.80. The molecule has 23 heavy (non-hydrogen) atoms. The van der Waals surface area contributed by atoms with Gasteiger partial charge in [-0.05, 0) is 36.2 Å². The summed E-state index contributed by atoms with van der Waals surface area (Å²) in [5, 5.41) is 20.5. The maximum Gasteiger partial charge on any atom is 0.161 e. The molecular weight excluding hydrogens is 314 g/mol. The average Bonchev–Trinajstić information content (AvgIpc) is 2.54. The number of hydrogen-bond acceptors (Lipinski definition) is 4. The lowest BCUT2D eigenvalue weighted by Crippen LogP contribution is -1.93. The number of fused-ring (bicyclic) bond motifs is 1. The minimum absolute atomic E-state index is 0.0127. The highest BCUT2D eigenvalue weighted by Gasteiger charge is 2.13. The van der Waals surface area contributed by atoms with E-state index in [0.29, 0.717) is 22.0 Å². The first-order valence-corrected chi connectivity index (χ1v) is 7.49. The minimum Gasteiger partial charge on any atom is -0.504 e. The van der Waals surface area contributed by atoms with Gasteiger partial charge in [-0.25, -0.2) is 4.98 Å². The number of aromatic nitrogens is 1. The molecule has 0 saturated carbocycles. The normalized spacial score (nSPS) is 11.0. The van der Waals surface area contributed by atoms with Gasteiger partial charge in [0.1, 0.15) is 0 Å². The highest BCUT2D eigenvalue weighted by molar-refractivity contribution is 6.33. The fourth-order valence-corrected chi connectivity index (χ4v) is 2.84. The number of phenolic OH excluding ortho intramolecular Hbond substituents is 1. The van der Waals surface area contributed by atoms with Crippen LogP contribution in [-0.2, 0) is 6.61 Å². The summed E-state index contributed by atoms with van der Waals surface area (Å²) in [5.74, 6) is 0.328. The van der Waals surface area contributed by atoms with Gasteiger partial charge in [-0.3, -0.25) is 0 Å². The molecule has 0 amide bonds. The van der Waals surface area contributed by atoms with Crippen molar-refractivity contribution in [2.75, 3.05) is 7.11 Å². The van der Waals surface area contributed by atoms with Crippen LogP contribution in [0, 0.1) is 6.92 Å². The van der Waals surface area contributed by atoms with Crippen molar-refractivity contribution in [1.29, 1.82) is 0 Å². The second-order valence-electron chi connectivity index (χ2n) is 5.34. The lowest BCUT2D eigenvalue weighted by molar-refractivity contribution is 0.282. The molecule has 0 unspecified atom stereocenters. The molecular formula is C18H16ClNO3. The van der Waals surface area contributed by atoms with Crippen molar-refractivity contribution >= 4 is 22.5 Å². The van der Waals surface area contributed by atoms with Gasteiger partial charge in [-0.15, -0.1) is 0 Å². The second-order valence-corrected chi connectivity index (χ2v) is 5.75. The van der Waals surface area contributed by atoms with E-state index in [9.17, 15) is 10.2 Å². The molecule has 0 saturated heterocycles. The first kappa shape index (κ1) is 15.6. The summed E-state index contributed by atoms with van der Waals surface area (Å²) in [4.78, 5) is 4.65. The number of halogens is 1. The Morgan fingerprint density at radius 3 is 2.65 bits per heavy atom. The second kappa shape index (κ2) is 6.07. The lowest BCUT2D eigenvalue weighted by atomic mass is 10.0. The van der Waals surface area contributed by atoms with Crippen LogP contribution in [0.3, 0.4) is 0 Å². The predicted octanol–water partition coefficient (Wildman–Crippen LogP) is 4.07. The van der Waals surface area contributed by atoms with Crippen LogP contribution < -0.4 is 4.74 Å². The molecule has 1 heterocycles. The number of hydrogen-bond donors (Lipinski definition) is 2. The Bertz CT molecular complexity index is 893. The Kier molecular flexibility index (Phi) is 4.11. The molecule has 5 heteroatoms. The number of aliphatic hydroxyl groups excluding tert-OH is 1. The third-order valence-electron chi connectivity index (χ3n) is 3.81.